The first-order valence-corrected chi connectivity index (χ1v) is 7.29. The van der Waals surface area contributed by atoms with E-state index in [-0.39, 0.29) is 0 Å². The number of hydrogen-bond donors (Lipinski definition) is 1. The Bertz CT molecular complexity index is 70.0. The lowest BCUT2D eigenvalue weighted by Gasteiger charge is -2.13. The van der Waals surface area contributed by atoms with Gasteiger partial charge in [0, 0.05) is 0 Å². The second kappa shape index (κ2) is 8.28. The van der Waals surface area contributed by atoms with Crippen LogP contribution in [0.5, 0.6) is 0 Å². The second-order valence-electron chi connectivity index (χ2n) is 3.19. The number of hydrogen-bond acceptors (Lipinski definition) is 1. The van der Waals surface area contributed by atoms with Crippen LogP contribution in [0.2, 0.25) is 12.1 Å². The molecule has 0 saturated carbocycles. The molecule has 0 aromatic heterocycles. The summed E-state index contributed by atoms with van der Waals surface area (Å²) in [6, 6.07) is 2.98. The van der Waals surface area contributed by atoms with E-state index in [2.05, 4.69) is 25.8 Å². The van der Waals surface area contributed by atoms with Gasteiger partial charge in [0.05, 0.1) is 0 Å². The molecule has 0 bridgehead atoms. The fourth-order valence-corrected chi connectivity index (χ4v) is 4.31. The molecule has 0 radical (unpaired) electrons. The Hall–Kier alpha value is 0.177. The van der Waals surface area contributed by atoms with Crippen molar-refractivity contribution in [1.82, 2.24) is 4.98 Å². The molecule has 1 atom stereocenters. The van der Waals surface area contributed by atoms with Crippen LogP contribution in [0.25, 0.3) is 0 Å². The van der Waals surface area contributed by atoms with Crippen molar-refractivity contribution in [2.75, 3.05) is 6.54 Å². The Balaban J connectivity index is 3.34. The molecule has 0 heterocycles. The standard InChI is InChI=1S/C9H23NSi/c1-4-7-9-11(8-5-2)10-6-3/h10-11H,4-9H2,1-3H3. The zero-order chi connectivity index (χ0) is 8.53. The van der Waals surface area contributed by atoms with E-state index in [1.54, 1.807) is 0 Å². The molecule has 0 spiro atoms. The minimum Gasteiger partial charge on any atom is -0.340 e. The van der Waals surface area contributed by atoms with E-state index >= 15 is 0 Å². The molecule has 0 rings (SSSR count). The second-order valence-corrected chi connectivity index (χ2v) is 6.14. The molecule has 68 valence electrons. The Morgan fingerprint density at radius 1 is 1.00 bits per heavy atom. The highest BCUT2D eigenvalue weighted by atomic mass is 28.3. The molecule has 0 fully saturated rings. The van der Waals surface area contributed by atoms with Gasteiger partial charge >= 0.3 is 0 Å². The smallest absolute Gasteiger partial charge is 0.108 e. The largest absolute Gasteiger partial charge is 0.340 e. The third-order valence-corrected chi connectivity index (χ3v) is 5.40. The van der Waals surface area contributed by atoms with Crippen LogP contribution in [-0.4, -0.2) is 15.5 Å². The minimum absolute atomic E-state index is 0.501. The van der Waals surface area contributed by atoms with Crippen molar-refractivity contribution in [3.05, 3.63) is 0 Å². The third kappa shape index (κ3) is 6.57. The molecule has 1 nitrogen and oxygen atoms in total. The molecular weight excluding hydrogens is 150 g/mol. The molecule has 0 aliphatic heterocycles. The van der Waals surface area contributed by atoms with Crippen LogP contribution in [0.15, 0.2) is 0 Å². The quantitative estimate of drug-likeness (QED) is 0.583. The van der Waals surface area contributed by atoms with Crippen molar-refractivity contribution in [3.63, 3.8) is 0 Å². The van der Waals surface area contributed by atoms with Gasteiger partial charge in [-0.05, 0) is 18.6 Å². The SMILES string of the molecule is CCCC[SiH](CCC)NCC. The molecule has 0 aliphatic rings. The first-order chi connectivity index (χ1) is 5.35. The lowest BCUT2D eigenvalue weighted by molar-refractivity contribution is 0.838. The van der Waals surface area contributed by atoms with Crippen LogP contribution in [0.3, 0.4) is 0 Å². The van der Waals surface area contributed by atoms with Crippen LogP contribution in [0, 0.1) is 0 Å². The topological polar surface area (TPSA) is 12.0 Å². The summed E-state index contributed by atoms with van der Waals surface area (Å²) >= 11 is 0. The maximum atomic E-state index is 3.66. The van der Waals surface area contributed by atoms with Gasteiger partial charge in [-0.1, -0.05) is 40.0 Å². The lowest BCUT2D eigenvalue weighted by Crippen LogP contribution is -2.32. The van der Waals surface area contributed by atoms with E-state index in [0.29, 0.717) is 0 Å². The van der Waals surface area contributed by atoms with Crippen molar-refractivity contribution in [3.8, 4) is 0 Å². The Morgan fingerprint density at radius 2 is 1.73 bits per heavy atom. The fraction of sp³-hybridized carbons (Fsp3) is 1.00. The Labute approximate surface area is 73.3 Å². The number of rotatable bonds is 7. The van der Waals surface area contributed by atoms with Crippen LogP contribution >= 0.6 is 0 Å². The van der Waals surface area contributed by atoms with Crippen LogP contribution in [0.4, 0.5) is 0 Å². The summed E-state index contributed by atoms with van der Waals surface area (Å²) in [7, 11) is -0.501. The van der Waals surface area contributed by atoms with Gasteiger partial charge in [-0.25, -0.2) is 0 Å². The summed E-state index contributed by atoms with van der Waals surface area (Å²) in [6.07, 6.45) is 4.16. The molecule has 1 N–H and O–H groups in total. The summed E-state index contributed by atoms with van der Waals surface area (Å²) < 4.78 is 0. The van der Waals surface area contributed by atoms with Gasteiger partial charge in [0.25, 0.3) is 0 Å². The van der Waals surface area contributed by atoms with Crippen LogP contribution in [-0.2, 0) is 0 Å². The Kier molecular flexibility index (Phi) is 8.41. The van der Waals surface area contributed by atoms with Gasteiger partial charge in [-0.3, -0.25) is 0 Å². The van der Waals surface area contributed by atoms with E-state index < -0.39 is 8.96 Å². The summed E-state index contributed by atoms with van der Waals surface area (Å²) in [5.74, 6) is 0. The molecule has 1 unspecified atom stereocenters. The molecule has 11 heavy (non-hydrogen) atoms. The van der Waals surface area contributed by atoms with Crippen molar-refractivity contribution in [1.29, 1.82) is 0 Å². The highest BCUT2D eigenvalue weighted by Gasteiger charge is 2.06. The Morgan fingerprint density at radius 3 is 2.18 bits per heavy atom. The monoisotopic (exact) mass is 173 g/mol. The van der Waals surface area contributed by atoms with Gasteiger partial charge in [-0.15, -0.1) is 0 Å². The third-order valence-electron chi connectivity index (χ3n) is 2.04. The van der Waals surface area contributed by atoms with Gasteiger partial charge < -0.3 is 4.98 Å². The zero-order valence-corrected chi connectivity index (χ0v) is 9.47. The predicted molar refractivity (Wildman–Crippen MR) is 55.6 cm³/mol. The van der Waals surface area contributed by atoms with Gasteiger partial charge in [0.1, 0.15) is 8.96 Å². The van der Waals surface area contributed by atoms with Gasteiger partial charge in [0.15, 0.2) is 0 Å². The molecule has 0 aromatic carbocycles. The van der Waals surface area contributed by atoms with Crippen LogP contribution < -0.4 is 4.98 Å². The van der Waals surface area contributed by atoms with Crippen molar-refractivity contribution in [2.45, 2.75) is 52.1 Å². The first-order valence-electron chi connectivity index (χ1n) is 5.08. The van der Waals surface area contributed by atoms with E-state index in [4.69, 9.17) is 0 Å². The average molecular weight is 173 g/mol. The highest BCUT2D eigenvalue weighted by Crippen LogP contribution is 2.04. The van der Waals surface area contributed by atoms with Gasteiger partial charge in [-0.2, -0.15) is 0 Å². The normalized spacial score (nSPS) is 13.4. The molecule has 0 aromatic rings. The lowest BCUT2D eigenvalue weighted by atomic mass is 10.4. The van der Waals surface area contributed by atoms with E-state index in [0.717, 1.165) is 0 Å². The molecule has 2 heteroatoms. The van der Waals surface area contributed by atoms with E-state index in [1.807, 2.05) is 0 Å². The maximum Gasteiger partial charge on any atom is 0.108 e. The average Bonchev–Trinajstić information content (AvgIpc) is 2.01. The maximum absolute atomic E-state index is 3.66. The van der Waals surface area contributed by atoms with Crippen molar-refractivity contribution >= 4 is 8.96 Å². The predicted octanol–water partition coefficient (Wildman–Crippen LogP) is 2.53. The van der Waals surface area contributed by atoms with Crippen molar-refractivity contribution < 1.29 is 0 Å². The molecule has 0 amide bonds. The minimum atomic E-state index is -0.501. The summed E-state index contributed by atoms with van der Waals surface area (Å²) in [4.78, 5) is 3.66. The molecule has 0 aliphatic carbocycles. The summed E-state index contributed by atoms with van der Waals surface area (Å²) in [5, 5.41) is 0. The molecule has 0 saturated heterocycles. The number of nitrogens with one attached hydrogen (secondary N) is 1. The highest BCUT2D eigenvalue weighted by molar-refractivity contribution is 6.55. The van der Waals surface area contributed by atoms with Crippen LogP contribution in [0.1, 0.15) is 40.0 Å². The zero-order valence-electron chi connectivity index (χ0n) is 8.32. The first kappa shape index (κ1) is 11.2. The molecular formula is C9H23NSi. The summed E-state index contributed by atoms with van der Waals surface area (Å²) in [6.45, 7) is 7.98. The number of unbranched alkanes of at least 4 members (excludes halogenated alkanes) is 1. The van der Waals surface area contributed by atoms with E-state index in [9.17, 15) is 0 Å². The summed E-state index contributed by atoms with van der Waals surface area (Å²) in [5.41, 5.74) is 0. The fourth-order valence-electron chi connectivity index (χ4n) is 1.44. The van der Waals surface area contributed by atoms with E-state index in [1.165, 1.54) is 37.9 Å². The van der Waals surface area contributed by atoms with Gasteiger partial charge in [0.2, 0.25) is 0 Å². The van der Waals surface area contributed by atoms with Crippen molar-refractivity contribution in [2.24, 2.45) is 0 Å².